The Hall–Kier alpha value is -2.31. The van der Waals surface area contributed by atoms with Crippen molar-refractivity contribution in [3.63, 3.8) is 0 Å². The van der Waals surface area contributed by atoms with Gasteiger partial charge in [0.05, 0.1) is 24.2 Å². The molecule has 0 spiro atoms. The molecule has 2 atom stereocenters. The van der Waals surface area contributed by atoms with E-state index in [4.69, 9.17) is 21.7 Å². The molecule has 7 heteroatoms. The molecular formula is C21H25ClN4O2. The number of nitrogens with zero attached hydrogens (tertiary/aromatic N) is 3. The number of fused-ring (bicyclic) bond motifs is 1. The van der Waals surface area contributed by atoms with Crippen molar-refractivity contribution in [2.45, 2.75) is 51.7 Å². The SMILES string of the molecule is CCC(C(=N)c1nc(Cl)nc2c1CN(C(C)C)C2C=O)c1ccccc1OC. The molecule has 0 saturated heterocycles. The molecule has 0 amide bonds. The quantitative estimate of drug-likeness (QED) is 0.428. The molecule has 6 nitrogen and oxygen atoms in total. The molecule has 0 saturated carbocycles. The maximum atomic E-state index is 11.8. The second-order valence-electron chi connectivity index (χ2n) is 7.17. The Kier molecular flexibility index (Phi) is 6.10. The predicted molar refractivity (Wildman–Crippen MR) is 109 cm³/mol. The van der Waals surface area contributed by atoms with Gasteiger partial charge in [0, 0.05) is 29.6 Å². The molecule has 2 aromatic rings. The lowest BCUT2D eigenvalue weighted by Gasteiger charge is -2.24. The first-order valence-electron chi connectivity index (χ1n) is 9.41. The average molecular weight is 401 g/mol. The number of rotatable bonds is 7. The van der Waals surface area contributed by atoms with Crippen LogP contribution in [0, 0.1) is 5.41 Å². The number of halogens is 1. The first-order chi connectivity index (χ1) is 13.4. The van der Waals surface area contributed by atoms with Crippen LogP contribution in [0.15, 0.2) is 24.3 Å². The molecule has 0 radical (unpaired) electrons. The largest absolute Gasteiger partial charge is 0.496 e. The monoisotopic (exact) mass is 400 g/mol. The van der Waals surface area contributed by atoms with Crippen molar-refractivity contribution in [1.82, 2.24) is 14.9 Å². The van der Waals surface area contributed by atoms with Crippen LogP contribution in [0.5, 0.6) is 5.75 Å². The van der Waals surface area contributed by atoms with Crippen LogP contribution in [0.4, 0.5) is 0 Å². The zero-order chi connectivity index (χ0) is 20.4. The molecule has 28 heavy (non-hydrogen) atoms. The Labute approximate surface area is 170 Å². The van der Waals surface area contributed by atoms with Gasteiger partial charge in [-0.2, -0.15) is 0 Å². The fraction of sp³-hybridized carbons (Fsp3) is 0.429. The third-order valence-corrected chi connectivity index (χ3v) is 5.48. The maximum absolute atomic E-state index is 11.8. The first-order valence-corrected chi connectivity index (χ1v) is 9.79. The first kappa shape index (κ1) is 20.4. The van der Waals surface area contributed by atoms with Crippen LogP contribution in [0.3, 0.4) is 0 Å². The molecule has 0 aliphatic carbocycles. The number of hydrogen-bond acceptors (Lipinski definition) is 6. The van der Waals surface area contributed by atoms with E-state index in [0.29, 0.717) is 30.1 Å². The molecule has 1 aliphatic rings. The van der Waals surface area contributed by atoms with E-state index in [2.05, 4.69) is 9.97 Å². The number of hydrogen-bond donors (Lipinski definition) is 1. The topological polar surface area (TPSA) is 79.2 Å². The number of para-hydroxylation sites is 1. The van der Waals surface area contributed by atoms with E-state index in [1.807, 2.05) is 49.9 Å². The summed E-state index contributed by atoms with van der Waals surface area (Å²) in [4.78, 5) is 22.5. The Balaban J connectivity index is 2.09. The summed E-state index contributed by atoms with van der Waals surface area (Å²) in [6, 6.07) is 7.40. The highest BCUT2D eigenvalue weighted by Gasteiger charge is 2.37. The fourth-order valence-corrected chi connectivity index (χ4v) is 4.06. The van der Waals surface area contributed by atoms with E-state index in [-0.39, 0.29) is 17.2 Å². The van der Waals surface area contributed by atoms with Crippen LogP contribution in [0.2, 0.25) is 5.28 Å². The smallest absolute Gasteiger partial charge is 0.223 e. The lowest BCUT2D eigenvalue weighted by atomic mass is 9.87. The van der Waals surface area contributed by atoms with E-state index >= 15 is 0 Å². The van der Waals surface area contributed by atoms with Crippen LogP contribution in [0.25, 0.3) is 0 Å². The molecule has 3 rings (SSSR count). The summed E-state index contributed by atoms with van der Waals surface area (Å²) in [6.45, 7) is 6.62. The number of aromatic nitrogens is 2. The molecule has 0 fully saturated rings. The van der Waals surface area contributed by atoms with Gasteiger partial charge in [0.2, 0.25) is 5.28 Å². The number of carbonyl (C=O) groups excluding carboxylic acids is 1. The van der Waals surface area contributed by atoms with E-state index in [9.17, 15) is 4.79 Å². The number of benzene rings is 1. The average Bonchev–Trinajstić information content (AvgIpc) is 3.06. The number of ether oxygens (including phenoxy) is 1. The van der Waals surface area contributed by atoms with Crippen molar-refractivity contribution < 1.29 is 9.53 Å². The summed E-state index contributed by atoms with van der Waals surface area (Å²) in [5, 5.41) is 9.01. The summed E-state index contributed by atoms with van der Waals surface area (Å²) in [5.41, 5.74) is 3.24. The molecule has 148 valence electrons. The van der Waals surface area contributed by atoms with Gasteiger partial charge < -0.3 is 14.9 Å². The molecule has 2 unspecified atom stereocenters. The minimum absolute atomic E-state index is 0.0610. The maximum Gasteiger partial charge on any atom is 0.223 e. The summed E-state index contributed by atoms with van der Waals surface area (Å²) in [6.07, 6.45) is 1.60. The zero-order valence-corrected chi connectivity index (χ0v) is 17.3. The van der Waals surface area contributed by atoms with Gasteiger partial charge in [0.15, 0.2) is 0 Å². The van der Waals surface area contributed by atoms with E-state index in [1.165, 1.54) is 0 Å². The Bertz CT molecular complexity index is 900. The Morgan fingerprint density at radius 3 is 2.71 bits per heavy atom. The predicted octanol–water partition coefficient (Wildman–Crippen LogP) is 4.16. The lowest BCUT2D eigenvalue weighted by Crippen LogP contribution is -2.30. The van der Waals surface area contributed by atoms with E-state index in [0.717, 1.165) is 23.2 Å². The van der Waals surface area contributed by atoms with Gasteiger partial charge in [-0.15, -0.1) is 0 Å². The molecule has 1 aromatic heterocycles. The van der Waals surface area contributed by atoms with Gasteiger partial charge in [-0.3, -0.25) is 4.90 Å². The molecule has 1 aliphatic heterocycles. The number of aldehydes is 1. The van der Waals surface area contributed by atoms with Crippen LogP contribution in [-0.4, -0.2) is 40.0 Å². The Morgan fingerprint density at radius 1 is 1.39 bits per heavy atom. The van der Waals surface area contributed by atoms with Crippen molar-refractivity contribution in [3.8, 4) is 5.75 Å². The van der Waals surface area contributed by atoms with Crippen LogP contribution >= 0.6 is 11.6 Å². The van der Waals surface area contributed by atoms with Gasteiger partial charge in [0.1, 0.15) is 18.1 Å². The molecule has 0 bridgehead atoms. The Morgan fingerprint density at radius 2 is 2.11 bits per heavy atom. The number of carbonyl (C=O) groups is 1. The molecule has 1 N–H and O–H groups in total. The highest BCUT2D eigenvalue weighted by Crippen LogP contribution is 2.38. The van der Waals surface area contributed by atoms with Gasteiger partial charge >= 0.3 is 0 Å². The fourth-order valence-electron chi connectivity index (χ4n) is 3.88. The normalized spacial score (nSPS) is 17.4. The van der Waals surface area contributed by atoms with E-state index < -0.39 is 6.04 Å². The zero-order valence-electron chi connectivity index (χ0n) is 16.6. The third-order valence-electron chi connectivity index (χ3n) is 5.31. The molecule has 1 aromatic carbocycles. The van der Waals surface area contributed by atoms with Crippen LogP contribution < -0.4 is 4.74 Å². The van der Waals surface area contributed by atoms with Crippen LogP contribution in [0.1, 0.15) is 61.7 Å². The standard InChI is InChI=1S/C21H25ClN4O2/c1-5-13(14-8-6-7-9-17(14)28-4)18(23)20-15-10-26(12(2)3)16(11-27)19(15)24-21(22)25-20/h6-9,11-13,16,23H,5,10H2,1-4H3. The van der Waals surface area contributed by atoms with Gasteiger partial charge in [-0.05, 0) is 37.9 Å². The van der Waals surface area contributed by atoms with Gasteiger partial charge in [-0.25, -0.2) is 9.97 Å². The molecular weight excluding hydrogens is 376 g/mol. The van der Waals surface area contributed by atoms with Crippen molar-refractivity contribution in [2.75, 3.05) is 7.11 Å². The van der Waals surface area contributed by atoms with Crippen molar-refractivity contribution in [3.05, 3.63) is 52.1 Å². The van der Waals surface area contributed by atoms with Crippen molar-refractivity contribution in [2.24, 2.45) is 0 Å². The highest BCUT2D eigenvalue weighted by atomic mass is 35.5. The lowest BCUT2D eigenvalue weighted by molar-refractivity contribution is -0.113. The summed E-state index contributed by atoms with van der Waals surface area (Å²) in [5.74, 6) is 0.541. The minimum atomic E-state index is -0.464. The van der Waals surface area contributed by atoms with E-state index in [1.54, 1.807) is 7.11 Å². The van der Waals surface area contributed by atoms with Crippen molar-refractivity contribution >= 4 is 23.6 Å². The highest BCUT2D eigenvalue weighted by molar-refractivity contribution is 6.28. The second kappa shape index (κ2) is 8.37. The minimum Gasteiger partial charge on any atom is -0.496 e. The van der Waals surface area contributed by atoms with Crippen LogP contribution in [-0.2, 0) is 11.3 Å². The van der Waals surface area contributed by atoms with Gasteiger partial charge in [-0.1, -0.05) is 25.1 Å². The summed E-state index contributed by atoms with van der Waals surface area (Å²) < 4.78 is 5.50. The summed E-state index contributed by atoms with van der Waals surface area (Å²) >= 11 is 6.20. The van der Waals surface area contributed by atoms with Gasteiger partial charge in [0.25, 0.3) is 0 Å². The third kappa shape index (κ3) is 3.54. The second-order valence-corrected chi connectivity index (χ2v) is 7.51. The molecule has 2 heterocycles. The summed E-state index contributed by atoms with van der Waals surface area (Å²) in [7, 11) is 1.63. The number of methoxy groups -OCH3 is 1. The number of nitrogens with one attached hydrogen (secondary N) is 1. The van der Waals surface area contributed by atoms with Crippen molar-refractivity contribution in [1.29, 1.82) is 5.41 Å².